The largest absolute Gasteiger partial charge is 0.371 e. The van der Waals surface area contributed by atoms with Crippen LogP contribution >= 0.6 is 0 Å². The van der Waals surface area contributed by atoms with Gasteiger partial charge in [-0.3, -0.25) is 9.69 Å². The molecule has 0 saturated carbocycles. The van der Waals surface area contributed by atoms with Crippen molar-refractivity contribution >= 4 is 22.4 Å². The number of fused-ring (bicyclic) bond motifs is 4. The summed E-state index contributed by atoms with van der Waals surface area (Å²) in [6.07, 6.45) is 3.28. The third-order valence-electron chi connectivity index (χ3n) is 8.77. The fourth-order valence-electron chi connectivity index (χ4n) is 6.68. The monoisotopic (exact) mass is 481 g/mol. The summed E-state index contributed by atoms with van der Waals surface area (Å²) in [5, 5.41) is 13.7. The molecule has 2 N–H and O–H groups in total. The van der Waals surface area contributed by atoms with Crippen LogP contribution in [0.1, 0.15) is 71.9 Å². The van der Waals surface area contributed by atoms with E-state index in [-0.39, 0.29) is 11.2 Å². The van der Waals surface area contributed by atoms with Crippen molar-refractivity contribution in [2.75, 3.05) is 44.2 Å². The van der Waals surface area contributed by atoms with Crippen molar-refractivity contribution in [3.05, 3.63) is 63.8 Å². The summed E-state index contributed by atoms with van der Waals surface area (Å²) in [7, 11) is 0. The molecule has 2 aromatic carbocycles. The maximum Gasteiger partial charge on any atom is 0.195 e. The lowest BCUT2D eigenvalue weighted by Gasteiger charge is -2.42. The SMILES string of the molecule is CCc1cc2c(cc1N1CCC(N3CCNCC3)CC1)C(C)(C)c1[nH]c3cc(C#N)ccc3c1C2=O. The predicted octanol–water partition coefficient (Wildman–Crippen LogP) is 4.35. The standard InChI is InChI=1S/C30H35N5O/c1-4-20-16-23-24(17-26(20)35-11-7-21(8-12-35)34-13-9-32-10-14-34)30(2,3)29-27(28(23)36)22-6-5-19(18-31)15-25(22)33-29/h5-6,15-17,21,32-33H,4,7-14H2,1-3H3. The molecule has 3 heterocycles. The smallest absolute Gasteiger partial charge is 0.195 e. The summed E-state index contributed by atoms with van der Waals surface area (Å²) in [4.78, 5) is 22.6. The Morgan fingerprint density at radius 1 is 1.08 bits per heavy atom. The van der Waals surface area contributed by atoms with E-state index in [1.165, 1.54) is 24.1 Å². The van der Waals surface area contributed by atoms with Crippen molar-refractivity contribution in [2.45, 2.75) is 51.5 Å². The van der Waals surface area contributed by atoms with Crippen molar-refractivity contribution in [1.82, 2.24) is 15.2 Å². The number of rotatable bonds is 3. The third kappa shape index (κ3) is 3.56. The number of nitrogens with one attached hydrogen (secondary N) is 2. The zero-order chi connectivity index (χ0) is 25.0. The van der Waals surface area contributed by atoms with Gasteiger partial charge in [0.15, 0.2) is 5.78 Å². The van der Waals surface area contributed by atoms with Gasteiger partial charge < -0.3 is 15.2 Å². The average molecular weight is 482 g/mol. The molecule has 2 fully saturated rings. The normalized spacial score (nSPS) is 20.3. The highest BCUT2D eigenvalue weighted by molar-refractivity contribution is 6.20. The first-order valence-electron chi connectivity index (χ1n) is 13.4. The molecule has 2 saturated heterocycles. The van der Waals surface area contributed by atoms with E-state index >= 15 is 0 Å². The molecule has 36 heavy (non-hydrogen) atoms. The number of hydrogen-bond donors (Lipinski definition) is 2. The van der Waals surface area contributed by atoms with Crippen LogP contribution in [0.25, 0.3) is 10.9 Å². The number of aromatic amines is 1. The predicted molar refractivity (Wildman–Crippen MR) is 144 cm³/mol. The van der Waals surface area contributed by atoms with E-state index in [1.54, 1.807) is 6.07 Å². The molecule has 0 bridgehead atoms. The van der Waals surface area contributed by atoms with Crippen LogP contribution in [0.3, 0.4) is 0 Å². The van der Waals surface area contributed by atoms with E-state index in [9.17, 15) is 10.1 Å². The van der Waals surface area contributed by atoms with Crippen molar-refractivity contribution in [3.8, 4) is 6.07 Å². The summed E-state index contributed by atoms with van der Waals surface area (Å²) in [6, 6.07) is 12.9. The van der Waals surface area contributed by atoms with E-state index in [4.69, 9.17) is 0 Å². The van der Waals surface area contributed by atoms with Crippen molar-refractivity contribution in [3.63, 3.8) is 0 Å². The molecule has 1 aromatic heterocycles. The highest BCUT2D eigenvalue weighted by Gasteiger charge is 2.40. The second kappa shape index (κ2) is 8.76. The van der Waals surface area contributed by atoms with Crippen molar-refractivity contribution in [1.29, 1.82) is 5.26 Å². The molecule has 0 atom stereocenters. The second-order valence-corrected chi connectivity index (χ2v) is 11.1. The summed E-state index contributed by atoms with van der Waals surface area (Å²) in [5.74, 6) is 0.0916. The Morgan fingerprint density at radius 2 is 1.83 bits per heavy atom. The van der Waals surface area contributed by atoms with Crippen LogP contribution in [-0.4, -0.2) is 61.0 Å². The van der Waals surface area contributed by atoms with Gasteiger partial charge in [0, 0.05) is 78.6 Å². The van der Waals surface area contributed by atoms with Crippen LogP contribution in [0.5, 0.6) is 0 Å². The minimum absolute atomic E-state index is 0.0916. The molecule has 1 aliphatic carbocycles. The van der Waals surface area contributed by atoms with Gasteiger partial charge in [0.25, 0.3) is 0 Å². The Kier molecular flexibility index (Phi) is 5.66. The van der Waals surface area contributed by atoms with Crippen LogP contribution in [-0.2, 0) is 11.8 Å². The van der Waals surface area contributed by atoms with E-state index in [2.05, 4.69) is 59.1 Å². The molecule has 6 rings (SSSR count). The van der Waals surface area contributed by atoms with Gasteiger partial charge in [0.1, 0.15) is 0 Å². The van der Waals surface area contributed by atoms with Crippen molar-refractivity contribution < 1.29 is 4.79 Å². The molecular formula is C30H35N5O. The number of H-pyrrole nitrogens is 1. The van der Waals surface area contributed by atoms with E-state index in [1.807, 2.05) is 12.1 Å². The number of aromatic nitrogens is 1. The van der Waals surface area contributed by atoms with Gasteiger partial charge in [0.2, 0.25) is 0 Å². The molecule has 6 nitrogen and oxygen atoms in total. The zero-order valence-electron chi connectivity index (χ0n) is 21.6. The van der Waals surface area contributed by atoms with E-state index < -0.39 is 0 Å². The van der Waals surface area contributed by atoms with Crippen molar-refractivity contribution in [2.24, 2.45) is 0 Å². The molecule has 0 radical (unpaired) electrons. The van der Waals surface area contributed by atoms with Gasteiger partial charge in [-0.25, -0.2) is 0 Å². The highest BCUT2D eigenvalue weighted by Crippen LogP contribution is 2.46. The lowest BCUT2D eigenvalue weighted by atomic mass is 9.70. The number of ketones is 1. The molecule has 0 spiro atoms. The zero-order valence-corrected chi connectivity index (χ0v) is 21.6. The van der Waals surface area contributed by atoms with E-state index in [0.717, 1.165) is 79.0 Å². The molecular weight excluding hydrogens is 446 g/mol. The lowest BCUT2D eigenvalue weighted by molar-refractivity contribution is 0.103. The van der Waals surface area contributed by atoms with Gasteiger partial charge in [-0.1, -0.05) is 26.8 Å². The second-order valence-electron chi connectivity index (χ2n) is 11.1. The Balaban J connectivity index is 1.37. The Hall–Kier alpha value is -3.14. The summed E-state index contributed by atoms with van der Waals surface area (Å²) in [6.45, 7) is 13.2. The topological polar surface area (TPSA) is 75.2 Å². The lowest BCUT2D eigenvalue weighted by Crippen LogP contribution is -2.52. The summed E-state index contributed by atoms with van der Waals surface area (Å²) < 4.78 is 0. The number of carbonyl (C=O) groups excluding carboxylic acids is 1. The first kappa shape index (κ1) is 23.3. The number of piperazine rings is 1. The number of carbonyl (C=O) groups is 1. The number of anilines is 1. The van der Waals surface area contributed by atoms with Crippen LogP contribution in [0.2, 0.25) is 0 Å². The number of piperidine rings is 1. The number of benzene rings is 2. The minimum Gasteiger partial charge on any atom is -0.371 e. The summed E-state index contributed by atoms with van der Waals surface area (Å²) in [5.41, 5.74) is 7.32. The molecule has 186 valence electrons. The van der Waals surface area contributed by atoms with Gasteiger partial charge in [0.05, 0.1) is 17.2 Å². The fraction of sp³-hybridized carbons (Fsp3) is 0.467. The summed E-state index contributed by atoms with van der Waals surface area (Å²) >= 11 is 0. The Labute approximate surface area is 213 Å². The maximum absolute atomic E-state index is 13.9. The van der Waals surface area contributed by atoms with E-state index in [0.29, 0.717) is 11.6 Å². The fourth-order valence-corrected chi connectivity index (χ4v) is 6.68. The number of nitrogens with zero attached hydrogens (tertiary/aromatic N) is 3. The molecule has 6 heteroatoms. The quantitative estimate of drug-likeness (QED) is 0.582. The van der Waals surface area contributed by atoms with Gasteiger partial charge in [-0.2, -0.15) is 5.26 Å². The highest BCUT2D eigenvalue weighted by atomic mass is 16.1. The van der Waals surface area contributed by atoms with Gasteiger partial charge in [-0.05, 0) is 54.7 Å². The van der Waals surface area contributed by atoms with Gasteiger partial charge in [-0.15, -0.1) is 0 Å². The first-order chi connectivity index (χ1) is 17.4. The van der Waals surface area contributed by atoms with Gasteiger partial charge >= 0.3 is 0 Å². The number of aryl methyl sites for hydroxylation is 1. The molecule has 3 aliphatic rings. The van der Waals surface area contributed by atoms with Crippen LogP contribution in [0.15, 0.2) is 30.3 Å². The molecule has 0 unspecified atom stereocenters. The first-order valence-corrected chi connectivity index (χ1v) is 13.4. The number of hydrogen-bond acceptors (Lipinski definition) is 5. The third-order valence-corrected chi connectivity index (χ3v) is 8.77. The van der Waals surface area contributed by atoms with Crippen LogP contribution < -0.4 is 10.2 Å². The molecule has 2 aliphatic heterocycles. The average Bonchev–Trinajstić information content (AvgIpc) is 3.32. The van der Waals surface area contributed by atoms with Crippen LogP contribution in [0.4, 0.5) is 5.69 Å². The van der Waals surface area contributed by atoms with Crippen LogP contribution in [0, 0.1) is 11.3 Å². The maximum atomic E-state index is 13.9. The molecule has 3 aromatic rings. The Morgan fingerprint density at radius 3 is 2.53 bits per heavy atom. The number of nitriles is 1. The Bertz CT molecular complexity index is 1380. The molecule has 0 amide bonds. The minimum atomic E-state index is -0.343.